The highest BCUT2D eigenvalue weighted by atomic mass is 16.4. The minimum atomic E-state index is -3.27. The van der Waals surface area contributed by atoms with Crippen LogP contribution in [0.25, 0.3) is 0 Å². The Balaban J connectivity index is 6.76. The summed E-state index contributed by atoms with van der Waals surface area (Å²) in [4.78, 5) is 76.1. The van der Waals surface area contributed by atoms with Gasteiger partial charge in [0.25, 0.3) is 0 Å². The zero-order valence-electron chi connectivity index (χ0n) is 22.6. The van der Waals surface area contributed by atoms with E-state index in [2.05, 4.69) is 0 Å². The molecule has 3 unspecified atom stereocenters. The smallest absolute Gasteiger partial charge is 0.331 e. The molecule has 16 heteroatoms. The third-order valence-electron chi connectivity index (χ3n) is 6.95. The van der Waals surface area contributed by atoms with Gasteiger partial charge >= 0.3 is 17.9 Å². The number of carboxylic acids is 3. The van der Waals surface area contributed by atoms with Crippen LogP contribution in [0.4, 0.5) is 0 Å². The Morgan fingerprint density at radius 3 is 1.02 bits per heavy atom. The van der Waals surface area contributed by atoms with E-state index in [9.17, 15) is 49.2 Å². The van der Waals surface area contributed by atoms with Gasteiger partial charge in [0.05, 0.1) is 0 Å². The molecule has 0 saturated carbocycles. The maximum atomic E-state index is 13.6. The number of rotatable bonds is 23. The number of Topliss-reactive ketones (excluding diaryl/α,β-unsaturated/α-hetero) is 3. The van der Waals surface area contributed by atoms with Crippen LogP contribution in [0.5, 0.6) is 0 Å². The lowest BCUT2D eigenvalue weighted by molar-refractivity contribution is -0.164. The van der Waals surface area contributed by atoms with Crippen LogP contribution in [-0.2, 0) is 28.8 Å². The van der Waals surface area contributed by atoms with Gasteiger partial charge in [-0.3, -0.25) is 14.4 Å². The molecule has 230 valence electrons. The van der Waals surface area contributed by atoms with Crippen LogP contribution in [-0.4, -0.2) is 97.5 Å². The molecule has 0 aromatic heterocycles. The first-order chi connectivity index (χ1) is 18.4. The third kappa shape index (κ3) is 9.09. The largest absolute Gasteiger partial charge is 0.480 e. The van der Waals surface area contributed by atoms with E-state index in [0.717, 1.165) is 0 Å². The van der Waals surface area contributed by atoms with Crippen molar-refractivity contribution in [3.05, 3.63) is 0 Å². The molecule has 0 aliphatic rings. The lowest BCUT2D eigenvalue weighted by Gasteiger charge is -2.37. The van der Waals surface area contributed by atoms with Crippen molar-refractivity contribution in [3.63, 3.8) is 0 Å². The number of unbranched alkanes of at least 4 members (excludes halogenated alkanes) is 3. The Morgan fingerprint density at radius 2 is 0.775 bits per heavy atom. The van der Waals surface area contributed by atoms with Gasteiger partial charge in [-0.15, -0.1) is 0 Å². The van der Waals surface area contributed by atoms with Crippen LogP contribution in [0.2, 0.25) is 0 Å². The fourth-order valence-electron chi connectivity index (χ4n) is 4.18. The van der Waals surface area contributed by atoms with Crippen LogP contribution in [0.3, 0.4) is 0 Å². The van der Waals surface area contributed by atoms with E-state index >= 15 is 0 Å². The fourth-order valence-corrected chi connectivity index (χ4v) is 4.18. The van der Waals surface area contributed by atoms with Crippen molar-refractivity contribution in [1.29, 1.82) is 0 Å². The minimum Gasteiger partial charge on any atom is -0.480 e. The van der Waals surface area contributed by atoms with Gasteiger partial charge in [-0.05, 0) is 77.4 Å². The molecule has 16 nitrogen and oxygen atoms in total. The van der Waals surface area contributed by atoms with E-state index in [0.29, 0.717) is 0 Å². The van der Waals surface area contributed by atoms with Gasteiger partial charge in [0.15, 0.2) is 34.0 Å². The van der Waals surface area contributed by atoms with E-state index < -0.39 is 89.6 Å². The fraction of sp³-hybridized carbons (Fsp3) is 0.750. The number of hydrogen-bond acceptors (Lipinski definition) is 13. The maximum absolute atomic E-state index is 13.6. The minimum absolute atomic E-state index is 0.00685. The number of carbonyl (C=O) groups is 6. The molecule has 0 heterocycles. The zero-order valence-corrected chi connectivity index (χ0v) is 22.6. The highest BCUT2D eigenvalue weighted by molar-refractivity contribution is 6.17. The maximum Gasteiger partial charge on any atom is 0.331 e. The molecule has 0 radical (unpaired) electrons. The van der Waals surface area contributed by atoms with Crippen molar-refractivity contribution in [2.45, 2.75) is 92.8 Å². The molecule has 0 aromatic carbocycles. The van der Waals surface area contributed by atoms with Crippen LogP contribution >= 0.6 is 0 Å². The topological polar surface area (TPSA) is 339 Å². The molecule has 40 heavy (non-hydrogen) atoms. The third-order valence-corrected chi connectivity index (χ3v) is 6.95. The van der Waals surface area contributed by atoms with E-state index in [1.54, 1.807) is 0 Å². The van der Waals surface area contributed by atoms with E-state index in [4.69, 9.17) is 34.4 Å². The second-order valence-corrected chi connectivity index (χ2v) is 10.1. The van der Waals surface area contributed by atoms with Gasteiger partial charge in [0.1, 0.15) is 5.60 Å². The Bertz CT molecular complexity index is 899. The highest BCUT2D eigenvalue weighted by Crippen LogP contribution is 2.31. The monoisotopic (exact) mass is 576 g/mol. The number of carbonyl (C=O) groups excluding carboxylic acids is 3. The van der Waals surface area contributed by atoms with Crippen molar-refractivity contribution in [1.82, 2.24) is 0 Å². The second-order valence-electron chi connectivity index (χ2n) is 10.1. The van der Waals surface area contributed by atoms with Crippen LogP contribution in [0.1, 0.15) is 70.6 Å². The van der Waals surface area contributed by atoms with Gasteiger partial charge < -0.3 is 54.8 Å². The molecule has 0 saturated heterocycles. The first kappa shape index (κ1) is 37.1. The lowest BCUT2D eigenvalue weighted by atomic mass is 9.71. The summed E-state index contributed by atoms with van der Waals surface area (Å²) in [6, 6.07) is 0. The summed E-state index contributed by atoms with van der Waals surface area (Å²) in [5.74, 6) is -10.1. The Hall–Kier alpha value is -2.86. The van der Waals surface area contributed by atoms with Crippen molar-refractivity contribution in [3.8, 4) is 0 Å². The summed E-state index contributed by atoms with van der Waals surface area (Å²) in [6.07, 6.45) is -3.49. The van der Waals surface area contributed by atoms with E-state index in [1.165, 1.54) is 0 Å². The Morgan fingerprint density at radius 1 is 0.500 bits per heavy atom. The summed E-state index contributed by atoms with van der Waals surface area (Å²) >= 11 is 0. The standard InChI is InChI=1S/C24H44N6O10/c25-10-4-1-7-22(28,18(34)35)15(31)13-21(40,17(33)24(30,20(38)39)9-3-6-12-27)14-16(32)23(29,19(36)37)8-2-5-11-26/h40H,1-14,25-30H2,(H,34,35)(H,36,37)(H,38,39). The number of hydrogen-bond donors (Lipinski definition) is 10. The molecule has 0 amide bonds. The van der Waals surface area contributed by atoms with E-state index in [1.807, 2.05) is 0 Å². The molecule has 0 spiro atoms. The summed E-state index contributed by atoms with van der Waals surface area (Å²) in [5.41, 5.74) is 22.4. The second kappa shape index (κ2) is 15.8. The highest BCUT2D eigenvalue weighted by Gasteiger charge is 2.57. The molecular weight excluding hydrogens is 532 g/mol. The number of ketones is 3. The zero-order chi connectivity index (χ0) is 31.4. The van der Waals surface area contributed by atoms with Crippen LogP contribution in [0, 0.1) is 0 Å². The van der Waals surface area contributed by atoms with E-state index in [-0.39, 0.29) is 58.2 Å². The number of carboxylic acid groups (broad SMARTS) is 3. The van der Waals surface area contributed by atoms with Crippen molar-refractivity contribution in [2.24, 2.45) is 34.4 Å². The summed E-state index contributed by atoms with van der Waals surface area (Å²) < 4.78 is 0. The molecule has 0 aliphatic heterocycles. The SMILES string of the molecule is NCCCCC(N)(C(=O)O)C(=O)CC(O)(CC(=O)C(N)(CCCCN)C(=O)O)C(=O)C(N)(CCCCN)C(=O)O. The summed E-state index contributed by atoms with van der Waals surface area (Å²) in [7, 11) is 0. The van der Waals surface area contributed by atoms with Gasteiger partial charge in [0, 0.05) is 12.8 Å². The van der Waals surface area contributed by atoms with Crippen molar-refractivity contribution >= 4 is 35.3 Å². The van der Waals surface area contributed by atoms with Crippen LogP contribution < -0.4 is 34.4 Å². The normalized spacial score (nSPS) is 17.5. The molecule has 3 atom stereocenters. The molecule has 0 aliphatic carbocycles. The van der Waals surface area contributed by atoms with Gasteiger partial charge in [-0.2, -0.15) is 0 Å². The Kier molecular flexibility index (Phi) is 14.7. The first-order valence-corrected chi connectivity index (χ1v) is 12.9. The predicted octanol–water partition coefficient (Wildman–Crippen LogP) is -3.06. The van der Waals surface area contributed by atoms with Crippen molar-refractivity contribution < 1.29 is 49.2 Å². The average molecular weight is 577 g/mol. The average Bonchev–Trinajstić information content (AvgIpc) is 2.87. The van der Waals surface area contributed by atoms with Gasteiger partial charge in [0.2, 0.25) is 0 Å². The molecule has 0 bridgehead atoms. The van der Waals surface area contributed by atoms with Gasteiger partial charge in [-0.1, -0.05) is 0 Å². The molecule has 0 aromatic rings. The number of aliphatic carboxylic acids is 3. The van der Waals surface area contributed by atoms with Gasteiger partial charge in [-0.25, -0.2) is 14.4 Å². The molecule has 0 rings (SSSR count). The predicted molar refractivity (Wildman–Crippen MR) is 142 cm³/mol. The first-order valence-electron chi connectivity index (χ1n) is 12.9. The summed E-state index contributed by atoms with van der Waals surface area (Å²) in [6.45, 7) is 0.408. The quantitative estimate of drug-likeness (QED) is 0.0426. The van der Waals surface area contributed by atoms with Crippen LogP contribution in [0.15, 0.2) is 0 Å². The number of nitrogens with two attached hydrogens (primary N) is 6. The Labute approximate surface area is 231 Å². The molecular formula is C24H44N6O10. The molecule has 0 fully saturated rings. The molecule has 16 N–H and O–H groups in total. The number of aliphatic hydroxyl groups is 1. The van der Waals surface area contributed by atoms with Crippen molar-refractivity contribution in [2.75, 3.05) is 19.6 Å². The summed E-state index contributed by atoms with van der Waals surface area (Å²) in [5, 5.41) is 40.7. The lowest BCUT2D eigenvalue weighted by Crippen LogP contribution is -2.67.